The monoisotopic (exact) mass is 473 g/mol. The Hall–Kier alpha value is -1.42. The molecule has 1 N–H and O–H groups in total. The highest BCUT2D eigenvalue weighted by Gasteiger charge is 2.59. The predicted molar refractivity (Wildman–Crippen MR) is 131 cm³/mol. The second kappa shape index (κ2) is 8.11. The van der Waals surface area contributed by atoms with Crippen molar-refractivity contribution in [1.82, 2.24) is 5.32 Å². The molecule has 4 bridgehead atoms. The zero-order chi connectivity index (χ0) is 22.6. The van der Waals surface area contributed by atoms with Crippen molar-refractivity contribution in [3.8, 4) is 11.5 Å². The average Bonchev–Trinajstić information content (AvgIpc) is 2.69. The van der Waals surface area contributed by atoms with Crippen molar-refractivity contribution < 1.29 is 9.47 Å². The van der Waals surface area contributed by atoms with Gasteiger partial charge < -0.3 is 14.8 Å². The number of ether oxygens (including phenoxy) is 2. The van der Waals surface area contributed by atoms with Crippen molar-refractivity contribution in [2.24, 2.45) is 16.7 Å². The van der Waals surface area contributed by atoms with Gasteiger partial charge in [0.05, 0.1) is 7.11 Å². The molecule has 32 heavy (non-hydrogen) atoms. The van der Waals surface area contributed by atoms with E-state index in [1.807, 2.05) is 24.3 Å². The van der Waals surface area contributed by atoms with E-state index in [-0.39, 0.29) is 5.54 Å². The number of para-hydroxylation sites is 1. The standard InChI is InChI=1S/C27H33Cl2NO2/c1-25-10-18-11-26(2,15-25)17-27(12-18,16-25)30-13-19-5-4-6-23(31-3)24(19)32-14-20-7-8-21(28)9-22(20)29/h4-9,18,30H,10-17H2,1-3H3. The van der Waals surface area contributed by atoms with Gasteiger partial charge in [0.2, 0.25) is 0 Å². The van der Waals surface area contributed by atoms with E-state index in [2.05, 4.69) is 25.2 Å². The minimum atomic E-state index is 0.239. The van der Waals surface area contributed by atoms with Crippen LogP contribution in [-0.4, -0.2) is 12.6 Å². The van der Waals surface area contributed by atoms with Gasteiger partial charge in [0.25, 0.3) is 0 Å². The van der Waals surface area contributed by atoms with Crippen molar-refractivity contribution in [3.63, 3.8) is 0 Å². The van der Waals surface area contributed by atoms with Crippen LogP contribution in [-0.2, 0) is 13.2 Å². The molecule has 0 aromatic heterocycles. The highest BCUT2D eigenvalue weighted by atomic mass is 35.5. The minimum Gasteiger partial charge on any atom is -0.493 e. The predicted octanol–water partition coefficient (Wildman–Crippen LogP) is 7.42. The fourth-order valence-corrected chi connectivity index (χ4v) is 8.20. The summed E-state index contributed by atoms with van der Waals surface area (Å²) in [5.41, 5.74) is 3.24. The van der Waals surface area contributed by atoms with Gasteiger partial charge in [-0.25, -0.2) is 0 Å². The van der Waals surface area contributed by atoms with E-state index in [0.717, 1.165) is 35.1 Å². The zero-order valence-electron chi connectivity index (χ0n) is 19.3. The number of benzene rings is 2. The summed E-state index contributed by atoms with van der Waals surface area (Å²) in [7, 11) is 1.69. The molecule has 172 valence electrons. The molecule has 0 saturated heterocycles. The molecule has 4 aliphatic carbocycles. The van der Waals surface area contributed by atoms with Crippen LogP contribution in [0.1, 0.15) is 63.5 Å². The maximum atomic E-state index is 6.36. The Morgan fingerprint density at radius 1 is 0.969 bits per heavy atom. The number of halogens is 2. The number of rotatable bonds is 7. The summed E-state index contributed by atoms with van der Waals surface area (Å²) in [6.45, 7) is 6.18. The van der Waals surface area contributed by atoms with Crippen LogP contribution in [0.3, 0.4) is 0 Å². The van der Waals surface area contributed by atoms with Crippen LogP contribution in [0.15, 0.2) is 36.4 Å². The second-order valence-electron chi connectivity index (χ2n) is 11.2. The molecule has 2 unspecified atom stereocenters. The van der Waals surface area contributed by atoms with Crippen molar-refractivity contribution in [2.45, 2.75) is 71.1 Å². The van der Waals surface area contributed by atoms with Crippen molar-refractivity contribution in [3.05, 3.63) is 57.6 Å². The highest BCUT2D eigenvalue weighted by Crippen LogP contribution is 2.66. The Bertz CT molecular complexity index is 1000. The molecule has 2 aromatic carbocycles. The quantitative estimate of drug-likeness (QED) is 0.453. The summed E-state index contributed by atoms with van der Waals surface area (Å²) in [6.07, 6.45) is 8.07. The molecule has 6 rings (SSSR count). The lowest BCUT2D eigenvalue weighted by atomic mass is 9.43. The van der Waals surface area contributed by atoms with Gasteiger partial charge in [-0.2, -0.15) is 0 Å². The number of hydrogen-bond donors (Lipinski definition) is 1. The molecular formula is C27H33Cl2NO2. The molecule has 0 aliphatic heterocycles. The van der Waals surface area contributed by atoms with E-state index in [1.165, 1.54) is 38.5 Å². The Morgan fingerprint density at radius 3 is 2.38 bits per heavy atom. The third-order valence-corrected chi connectivity index (χ3v) is 8.53. The molecule has 4 saturated carbocycles. The van der Waals surface area contributed by atoms with Gasteiger partial charge in [-0.3, -0.25) is 0 Å². The number of nitrogens with one attached hydrogen (secondary N) is 1. The van der Waals surface area contributed by atoms with Crippen LogP contribution >= 0.6 is 23.2 Å². The fraction of sp³-hybridized carbons (Fsp3) is 0.556. The Morgan fingerprint density at radius 2 is 1.72 bits per heavy atom. The largest absolute Gasteiger partial charge is 0.493 e. The van der Waals surface area contributed by atoms with E-state index in [4.69, 9.17) is 32.7 Å². The number of hydrogen-bond acceptors (Lipinski definition) is 3. The zero-order valence-corrected chi connectivity index (χ0v) is 20.8. The van der Waals surface area contributed by atoms with Crippen molar-refractivity contribution in [2.75, 3.05) is 7.11 Å². The van der Waals surface area contributed by atoms with Crippen LogP contribution in [0.2, 0.25) is 10.0 Å². The van der Waals surface area contributed by atoms with E-state index in [9.17, 15) is 0 Å². The van der Waals surface area contributed by atoms with Crippen LogP contribution in [0.5, 0.6) is 11.5 Å². The summed E-state index contributed by atoms with van der Waals surface area (Å²) in [5.74, 6) is 2.40. The van der Waals surface area contributed by atoms with Gasteiger partial charge in [0.1, 0.15) is 6.61 Å². The second-order valence-corrected chi connectivity index (χ2v) is 12.1. The average molecular weight is 474 g/mol. The molecule has 5 heteroatoms. The Kier molecular flexibility index (Phi) is 5.67. The lowest BCUT2D eigenvalue weighted by molar-refractivity contribution is -0.118. The van der Waals surface area contributed by atoms with Crippen molar-refractivity contribution in [1.29, 1.82) is 0 Å². The van der Waals surface area contributed by atoms with E-state index < -0.39 is 0 Å². The molecule has 0 amide bonds. The van der Waals surface area contributed by atoms with Crippen LogP contribution in [0.4, 0.5) is 0 Å². The summed E-state index contributed by atoms with van der Waals surface area (Å²) in [5, 5.41) is 5.26. The summed E-state index contributed by atoms with van der Waals surface area (Å²) < 4.78 is 11.9. The van der Waals surface area contributed by atoms with Gasteiger partial charge in [-0.15, -0.1) is 0 Å². The van der Waals surface area contributed by atoms with Gasteiger partial charge in [-0.05, 0) is 73.5 Å². The highest BCUT2D eigenvalue weighted by molar-refractivity contribution is 6.35. The molecule has 4 aliphatic rings. The van der Waals surface area contributed by atoms with E-state index >= 15 is 0 Å². The van der Waals surface area contributed by atoms with E-state index in [0.29, 0.717) is 27.5 Å². The lowest BCUT2D eigenvalue weighted by Crippen LogP contribution is -2.63. The van der Waals surface area contributed by atoms with Crippen LogP contribution in [0, 0.1) is 16.7 Å². The molecule has 0 spiro atoms. The van der Waals surface area contributed by atoms with Crippen LogP contribution < -0.4 is 14.8 Å². The van der Waals surface area contributed by atoms with Gasteiger partial charge in [0.15, 0.2) is 11.5 Å². The first-order valence-electron chi connectivity index (χ1n) is 11.7. The maximum Gasteiger partial charge on any atom is 0.166 e. The maximum absolute atomic E-state index is 6.36. The smallest absolute Gasteiger partial charge is 0.166 e. The van der Waals surface area contributed by atoms with Gasteiger partial charge in [0, 0.05) is 33.3 Å². The summed E-state index contributed by atoms with van der Waals surface area (Å²) in [6, 6.07) is 11.6. The third-order valence-electron chi connectivity index (χ3n) is 7.95. The molecule has 4 fully saturated rings. The SMILES string of the molecule is COc1cccc(CNC23CC4CC(C)(CC(C)(C4)C2)C3)c1OCc1ccc(Cl)cc1Cl. The number of methoxy groups -OCH3 is 1. The molecule has 0 radical (unpaired) electrons. The summed E-state index contributed by atoms with van der Waals surface area (Å²) in [4.78, 5) is 0. The molecule has 3 nitrogen and oxygen atoms in total. The summed E-state index contributed by atoms with van der Waals surface area (Å²) >= 11 is 12.4. The molecular weight excluding hydrogens is 441 g/mol. The molecule has 2 aromatic rings. The first-order valence-corrected chi connectivity index (χ1v) is 12.4. The molecule has 0 heterocycles. The topological polar surface area (TPSA) is 30.5 Å². The minimum absolute atomic E-state index is 0.239. The first-order chi connectivity index (χ1) is 15.2. The van der Waals surface area contributed by atoms with E-state index in [1.54, 1.807) is 13.2 Å². The fourth-order valence-electron chi connectivity index (χ4n) is 7.74. The Balaban J connectivity index is 1.35. The molecule has 2 atom stereocenters. The van der Waals surface area contributed by atoms with Gasteiger partial charge >= 0.3 is 0 Å². The Labute approximate surface area is 201 Å². The third kappa shape index (κ3) is 4.24. The van der Waals surface area contributed by atoms with Gasteiger partial charge in [-0.1, -0.05) is 55.2 Å². The normalized spacial score (nSPS) is 32.8. The van der Waals surface area contributed by atoms with Crippen LogP contribution in [0.25, 0.3) is 0 Å². The lowest BCUT2D eigenvalue weighted by Gasteiger charge is -2.65. The van der Waals surface area contributed by atoms with Crippen molar-refractivity contribution >= 4 is 23.2 Å². The first kappa shape index (κ1) is 22.4.